The Hall–Kier alpha value is -3.68. The van der Waals surface area contributed by atoms with Crippen molar-refractivity contribution in [1.82, 2.24) is 25.0 Å². The Morgan fingerprint density at radius 1 is 0.962 bits per heavy atom. The molecule has 2 aromatic carbocycles. The van der Waals surface area contributed by atoms with E-state index in [4.69, 9.17) is 9.47 Å². The molecule has 8 nitrogen and oxygen atoms in total. The molecule has 5 rings (SSSR count). The number of hydrogen-bond donors (Lipinski definition) is 1. The van der Waals surface area contributed by atoms with E-state index in [-0.39, 0.29) is 0 Å². The highest BCUT2D eigenvalue weighted by Gasteiger charge is 2.13. The molecule has 0 amide bonds. The Bertz CT molecular complexity index is 1080. The standard InChI is InChI=1S/C18H14N6O2/c1-2-4-13(5-3-1)24-17-14(22-23-24)11-19-18(21-17)20-12-6-7-15-16(10-12)26-9-8-25-15/h1-7,10-11H,8-9H2,(H,19,20,21). The third-order valence-corrected chi connectivity index (χ3v) is 3.99. The predicted molar refractivity (Wildman–Crippen MR) is 95.2 cm³/mol. The molecule has 0 unspecified atom stereocenters. The van der Waals surface area contributed by atoms with Gasteiger partial charge in [-0.3, -0.25) is 0 Å². The highest BCUT2D eigenvalue weighted by atomic mass is 16.6. The molecular formula is C18H14N6O2. The number of aromatic nitrogens is 5. The minimum Gasteiger partial charge on any atom is -0.486 e. The zero-order chi connectivity index (χ0) is 17.3. The lowest BCUT2D eigenvalue weighted by molar-refractivity contribution is 0.171. The van der Waals surface area contributed by atoms with E-state index in [1.54, 1.807) is 10.9 Å². The molecule has 4 aromatic rings. The van der Waals surface area contributed by atoms with E-state index in [2.05, 4.69) is 25.6 Å². The van der Waals surface area contributed by atoms with Gasteiger partial charge in [-0.2, -0.15) is 9.67 Å². The summed E-state index contributed by atoms with van der Waals surface area (Å²) in [6.07, 6.45) is 1.65. The Morgan fingerprint density at radius 3 is 2.69 bits per heavy atom. The molecule has 128 valence electrons. The monoisotopic (exact) mass is 346 g/mol. The van der Waals surface area contributed by atoms with Crippen LogP contribution in [-0.2, 0) is 0 Å². The summed E-state index contributed by atoms with van der Waals surface area (Å²) >= 11 is 0. The fraction of sp³-hybridized carbons (Fsp3) is 0.111. The highest BCUT2D eigenvalue weighted by molar-refractivity contribution is 5.73. The Kier molecular flexibility index (Phi) is 3.38. The van der Waals surface area contributed by atoms with Gasteiger partial charge in [-0.25, -0.2) is 4.98 Å². The van der Waals surface area contributed by atoms with Gasteiger partial charge in [0, 0.05) is 11.8 Å². The maximum Gasteiger partial charge on any atom is 0.229 e. The van der Waals surface area contributed by atoms with E-state index in [1.807, 2.05) is 48.5 Å². The normalized spacial score (nSPS) is 12.9. The average molecular weight is 346 g/mol. The molecule has 0 aliphatic carbocycles. The molecular weight excluding hydrogens is 332 g/mol. The zero-order valence-corrected chi connectivity index (χ0v) is 13.7. The van der Waals surface area contributed by atoms with Crippen molar-refractivity contribution < 1.29 is 9.47 Å². The summed E-state index contributed by atoms with van der Waals surface area (Å²) in [4.78, 5) is 8.87. The molecule has 0 atom stereocenters. The second-order valence-corrected chi connectivity index (χ2v) is 5.72. The number of benzene rings is 2. The van der Waals surface area contributed by atoms with Crippen LogP contribution in [0.2, 0.25) is 0 Å². The maximum atomic E-state index is 5.61. The number of anilines is 2. The van der Waals surface area contributed by atoms with Crippen LogP contribution in [-0.4, -0.2) is 38.2 Å². The quantitative estimate of drug-likeness (QED) is 0.610. The molecule has 1 aliphatic heterocycles. The average Bonchev–Trinajstić information content (AvgIpc) is 3.12. The van der Waals surface area contributed by atoms with Gasteiger partial charge < -0.3 is 14.8 Å². The molecule has 2 aromatic heterocycles. The van der Waals surface area contributed by atoms with Crippen molar-refractivity contribution in [3.63, 3.8) is 0 Å². The Morgan fingerprint density at radius 2 is 1.81 bits per heavy atom. The number of rotatable bonds is 3. The third kappa shape index (κ3) is 2.57. The second kappa shape index (κ2) is 5.99. The van der Waals surface area contributed by atoms with E-state index < -0.39 is 0 Å². The lowest BCUT2D eigenvalue weighted by Crippen LogP contribution is -2.15. The van der Waals surface area contributed by atoms with E-state index >= 15 is 0 Å². The smallest absolute Gasteiger partial charge is 0.229 e. The SMILES string of the molecule is c1ccc(-n2nnc3cnc(Nc4ccc5c(c4)OCCO5)nc32)cc1. The summed E-state index contributed by atoms with van der Waals surface area (Å²) in [5.74, 6) is 1.90. The van der Waals surface area contributed by atoms with Gasteiger partial charge >= 0.3 is 0 Å². The van der Waals surface area contributed by atoms with Crippen molar-refractivity contribution in [2.45, 2.75) is 0 Å². The van der Waals surface area contributed by atoms with Crippen molar-refractivity contribution in [2.75, 3.05) is 18.5 Å². The Labute approximate surface area is 148 Å². The van der Waals surface area contributed by atoms with E-state index in [0.29, 0.717) is 36.1 Å². The second-order valence-electron chi connectivity index (χ2n) is 5.72. The topological polar surface area (TPSA) is 87.0 Å². The summed E-state index contributed by atoms with van der Waals surface area (Å²) < 4.78 is 12.8. The number of ether oxygens (including phenoxy) is 2. The minimum atomic E-state index is 0.452. The number of fused-ring (bicyclic) bond motifs is 2. The van der Waals surface area contributed by atoms with Crippen LogP contribution in [0.25, 0.3) is 16.9 Å². The first-order chi connectivity index (χ1) is 12.9. The molecule has 0 fully saturated rings. The van der Waals surface area contributed by atoms with Crippen LogP contribution in [0.5, 0.6) is 11.5 Å². The lowest BCUT2D eigenvalue weighted by atomic mass is 10.2. The fourth-order valence-electron chi connectivity index (χ4n) is 2.78. The summed E-state index contributed by atoms with van der Waals surface area (Å²) in [6.45, 7) is 1.11. The highest BCUT2D eigenvalue weighted by Crippen LogP contribution is 2.33. The molecule has 0 saturated carbocycles. The van der Waals surface area contributed by atoms with Crippen molar-refractivity contribution in [2.24, 2.45) is 0 Å². The molecule has 1 N–H and O–H groups in total. The van der Waals surface area contributed by atoms with Gasteiger partial charge in [-0.05, 0) is 24.3 Å². The van der Waals surface area contributed by atoms with Crippen molar-refractivity contribution in [3.8, 4) is 17.2 Å². The van der Waals surface area contributed by atoms with Crippen LogP contribution in [0.3, 0.4) is 0 Å². The van der Waals surface area contributed by atoms with Crippen LogP contribution in [0.4, 0.5) is 11.6 Å². The first kappa shape index (κ1) is 14.6. The Balaban J connectivity index is 1.50. The van der Waals surface area contributed by atoms with Crippen molar-refractivity contribution in [3.05, 3.63) is 54.7 Å². The zero-order valence-electron chi connectivity index (χ0n) is 13.7. The summed E-state index contributed by atoms with van der Waals surface area (Å²) in [7, 11) is 0. The largest absolute Gasteiger partial charge is 0.486 e. The summed E-state index contributed by atoms with van der Waals surface area (Å²) in [5, 5.41) is 11.5. The van der Waals surface area contributed by atoms with Crippen LogP contribution >= 0.6 is 0 Å². The molecule has 0 spiro atoms. The van der Waals surface area contributed by atoms with Crippen LogP contribution in [0, 0.1) is 0 Å². The maximum absolute atomic E-state index is 5.61. The van der Waals surface area contributed by atoms with Gasteiger partial charge in [-0.15, -0.1) is 5.10 Å². The molecule has 3 heterocycles. The number of nitrogens with zero attached hydrogens (tertiary/aromatic N) is 5. The van der Waals surface area contributed by atoms with Gasteiger partial charge in [0.05, 0.1) is 11.9 Å². The predicted octanol–water partition coefficient (Wildman–Crippen LogP) is 2.73. The number of nitrogens with one attached hydrogen (secondary N) is 1. The van der Waals surface area contributed by atoms with E-state index in [0.717, 1.165) is 17.1 Å². The van der Waals surface area contributed by atoms with Gasteiger partial charge in [0.25, 0.3) is 0 Å². The molecule has 0 bridgehead atoms. The summed E-state index contributed by atoms with van der Waals surface area (Å²) in [5.41, 5.74) is 2.96. The number of para-hydroxylation sites is 1. The van der Waals surface area contributed by atoms with E-state index in [9.17, 15) is 0 Å². The van der Waals surface area contributed by atoms with Crippen LogP contribution in [0.15, 0.2) is 54.7 Å². The summed E-state index contributed by atoms with van der Waals surface area (Å²) in [6, 6.07) is 15.4. The van der Waals surface area contributed by atoms with Crippen molar-refractivity contribution in [1.29, 1.82) is 0 Å². The van der Waals surface area contributed by atoms with E-state index in [1.165, 1.54) is 0 Å². The molecule has 8 heteroatoms. The first-order valence-electron chi connectivity index (χ1n) is 8.17. The van der Waals surface area contributed by atoms with Gasteiger partial charge in [0.15, 0.2) is 22.7 Å². The van der Waals surface area contributed by atoms with Gasteiger partial charge in [0.2, 0.25) is 5.95 Å². The lowest BCUT2D eigenvalue weighted by Gasteiger charge is -2.18. The number of hydrogen-bond acceptors (Lipinski definition) is 7. The van der Waals surface area contributed by atoms with Crippen molar-refractivity contribution >= 4 is 22.8 Å². The fourth-order valence-corrected chi connectivity index (χ4v) is 2.78. The molecule has 0 radical (unpaired) electrons. The van der Waals surface area contributed by atoms with Crippen LogP contribution in [0.1, 0.15) is 0 Å². The third-order valence-electron chi connectivity index (χ3n) is 3.99. The molecule has 1 aliphatic rings. The minimum absolute atomic E-state index is 0.452. The first-order valence-corrected chi connectivity index (χ1v) is 8.17. The molecule has 0 saturated heterocycles. The van der Waals surface area contributed by atoms with Gasteiger partial charge in [-0.1, -0.05) is 23.4 Å². The van der Waals surface area contributed by atoms with Crippen LogP contribution < -0.4 is 14.8 Å². The molecule has 26 heavy (non-hydrogen) atoms. The van der Waals surface area contributed by atoms with Gasteiger partial charge in [0.1, 0.15) is 13.2 Å².